The molecule has 1 spiro atoms. The smallest absolute Gasteiger partial charge is 0.259 e. The van der Waals surface area contributed by atoms with E-state index in [1.54, 1.807) is 18.5 Å². The van der Waals surface area contributed by atoms with Gasteiger partial charge in [-0.05, 0) is 68.9 Å². The molecule has 0 atom stereocenters. The number of carbonyl (C=O) groups is 1. The van der Waals surface area contributed by atoms with Gasteiger partial charge in [0.25, 0.3) is 5.91 Å². The van der Waals surface area contributed by atoms with E-state index in [2.05, 4.69) is 30.0 Å². The number of anilines is 1. The highest BCUT2D eigenvalue weighted by Gasteiger charge is 2.51. The lowest BCUT2D eigenvalue weighted by atomic mass is 10.1. The maximum absolute atomic E-state index is 14.9. The second kappa shape index (κ2) is 7.31. The van der Waals surface area contributed by atoms with E-state index in [9.17, 15) is 9.18 Å². The number of hydrogen-bond acceptors (Lipinski definition) is 5. The van der Waals surface area contributed by atoms with Crippen LogP contribution in [0.15, 0.2) is 42.9 Å². The maximum Gasteiger partial charge on any atom is 0.259 e. The predicted molar refractivity (Wildman–Crippen MR) is 127 cm³/mol. The molecule has 1 aliphatic heterocycles. The third-order valence-corrected chi connectivity index (χ3v) is 7.47. The number of hydrogen-bond donors (Lipinski definition) is 1. The molecule has 8 nitrogen and oxygen atoms in total. The Morgan fingerprint density at radius 1 is 1.17 bits per heavy atom. The quantitative estimate of drug-likeness (QED) is 0.464. The van der Waals surface area contributed by atoms with Crippen molar-refractivity contribution in [2.24, 2.45) is 0 Å². The van der Waals surface area contributed by atoms with Crippen molar-refractivity contribution in [1.82, 2.24) is 29.3 Å². The van der Waals surface area contributed by atoms with E-state index in [0.717, 1.165) is 67.1 Å². The largest absolute Gasteiger partial charge is 0.306 e. The fourth-order valence-corrected chi connectivity index (χ4v) is 5.20. The van der Waals surface area contributed by atoms with Gasteiger partial charge < -0.3 is 14.5 Å². The number of halogens is 1. The van der Waals surface area contributed by atoms with E-state index >= 15 is 0 Å². The first-order valence-corrected chi connectivity index (χ1v) is 12.1. The first kappa shape index (κ1) is 20.5. The van der Waals surface area contributed by atoms with Crippen LogP contribution in [0.5, 0.6) is 0 Å². The van der Waals surface area contributed by atoms with Crippen LogP contribution in [0, 0.1) is 12.7 Å². The van der Waals surface area contributed by atoms with Crippen LogP contribution in [0.25, 0.3) is 17.2 Å². The van der Waals surface area contributed by atoms with Crippen LogP contribution in [0.3, 0.4) is 0 Å². The second-order valence-corrected chi connectivity index (χ2v) is 9.96. The number of pyridine rings is 1. The summed E-state index contributed by atoms with van der Waals surface area (Å²) in [5, 5.41) is 11.5. The lowest BCUT2D eigenvalue weighted by molar-refractivity contribution is 0.102. The van der Waals surface area contributed by atoms with E-state index in [1.165, 1.54) is 6.07 Å². The molecular formula is C26H24FN7O. The van der Waals surface area contributed by atoms with Crippen molar-refractivity contribution in [2.45, 2.75) is 56.9 Å². The van der Waals surface area contributed by atoms with Crippen molar-refractivity contribution in [2.75, 3.05) is 5.32 Å². The van der Waals surface area contributed by atoms with Crippen molar-refractivity contribution in [1.29, 1.82) is 0 Å². The van der Waals surface area contributed by atoms with Gasteiger partial charge in [0, 0.05) is 24.1 Å². The van der Waals surface area contributed by atoms with Crippen LogP contribution in [0.4, 0.5) is 10.2 Å². The maximum atomic E-state index is 14.9. The minimum Gasteiger partial charge on any atom is -0.306 e. The Labute approximate surface area is 201 Å². The van der Waals surface area contributed by atoms with Gasteiger partial charge in [-0.15, -0.1) is 10.2 Å². The first-order chi connectivity index (χ1) is 17.0. The summed E-state index contributed by atoms with van der Waals surface area (Å²) in [6.07, 6.45) is 10.3. The van der Waals surface area contributed by atoms with Gasteiger partial charge in [-0.25, -0.2) is 14.4 Å². The fourth-order valence-electron chi connectivity index (χ4n) is 5.20. The van der Waals surface area contributed by atoms with Gasteiger partial charge >= 0.3 is 0 Å². The SMILES string of the molecule is Cc1cc(F)c(C(=O)Nc2cccc(-c3nnc4n3C3(CC4)CC3)n2)cc1-n1cnc(C2CC2)c1. The average Bonchev–Trinajstić information content (AvgIpc) is 3.71. The molecule has 2 aliphatic carbocycles. The van der Waals surface area contributed by atoms with Crippen molar-refractivity contribution in [3.05, 3.63) is 71.3 Å². The summed E-state index contributed by atoms with van der Waals surface area (Å²) >= 11 is 0. The van der Waals surface area contributed by atoms with Crippen LogP contribution in [-0.4, -0.2) is 35.2 Å². The molecule has 1 amide bonds. The molecule has 7 rings (SSSR count). The number of nitrogens with one attached hydrogen (secondary N) is 1. The zero-order valence-corrected chi connectivity index (χ0v) is 19.3. The summed E-state index contributed by atoms with van der Waals surface area (Å²) in [7, 11) is 0. The summed E-state index contributed by atoms with van der Waals surface area (Å²) in [6.45, 7) is 1.82. The number of nitrogens with zero attached hydrogens (tertiary/aromatic N) is 6. The Hall–Kier alpha value is -3.88. The van der Waals surface area contributed by atoms with Crippen molar-refractivity contribution in [3.8, 4) is 17.2 Å². The lowest BCUT2D eigenvalue weighted by Crippen LogP contribution is -2.16. The van der Waals surface area contributed by atoms with Gasteiger partial charge in [0.15, 0.2) is 5.82 Å². The Kier molecular flexibility index (Phi) is 4.28. The summed E-state index contributed by atoms with van der Waals surface area (Å²) < 4.78 is 18.9. The zero-order valence-electron chi connectivity index (χ0n) is 19.3. The Morgan fingerprint density at radius 2 is 2.03 bits per heavy atom. The van der Waals surface area contributed by atoms with Crippen molar-refractivity contribution < 1.29 is 9.18 Å². The molecule has 0 radical (unpaired) electrons. The second-order valence-electron chi connectivity index (χ2n) is 9.96. The van der Waals surface area contributed by atoms with E-state index in [1.807, 2.05) is 29.8 Å². The molecule has 1 aromatic carbocycles. The molecule has 3 aromatic heterocycles. The van der Waals surface area contributed by atoms with Crippen LogP contribution in [0.1, 0.15) is 65.5 Å². The third-order valence-electron chi connectivity index (χ3n) is 7.47. The van der Waals surface area contributed by atoms with Gasteiger partial charge in [0.2, 0.25) is 0 Å². The van der Waals surface area contributed by atoms with Gasteiger partial charge in [-0.1, -0.05) is 6.07 Å². The van der Waals surface area contributed by atoms with Crippen LogP contribution < -0.4 is 5.32 Å². The molecule has 2 saturated carbocycles. The number of imidazole rings is 1. The lowest BCUT2D eigenvalue weighted by Gasteiger charge is -2.14. The molecule has 2 fully saturated rings. The van der Waals surface area contributed by atoms with E-state index < -0.39 is 11.7 Å². The van der Waals surface area contributed by atoms with E-state index in [4.69, 9.17) is 0 Å². The van der Waals surface area contributed by atoms with Crippen molar-refractivity contribution in [3.63, 3.8) is 0 Å². The Bertz CT molecular complexity index is 1500. The summed E-state index contributed by atoms with van der Waals surface area (Å²) in [4.78, 5) is 22.2. The number of aryl methyl sites for hydroxylation is 2. The Morgan fingerprint density at radius 3 is 2.83 bits per heavy atom. The summed E-state index contributed by atoms with van der Waals surface area (Å²) in [6, 6.07) is 8.34. The molecule has 0 saturated heterocycles. The number of rotatable bonds is 5. The minimum absolute atomic E-state index is 0.0419. The molecule has 0 unspecified atom stereocenters. The number of benzene rings is 1. The molecule has 9 heteroatoms. The normalized spacial score (nSPS) is 17.5. The monoisotopic (exact) mass is 469 g/mol. The van der Waals surface area contributed by atoms with Gasteiger partial charge in [0.1, 0.15) is 23.2 Å². The molecule has 35 heavy (non-hydrogen) atoms. The third kappa shape index (κ3) is 3.37. The highest BCUT2D eigenvalue weighted by molar-refractivity contribution is 6.04. The summed E-state index contributed by atoms with van der Waals surface area (Å²) in [5.74, 6) is 1.44. The van der Waals surface area contributed by atoms with Crippen molar-refractivity contribution >= 4 is 11.7 Å². The number of fused-ring (bicyclic) bond motifs is 2. The summed E-state index contributed by atoms with van der Waals surface area (Å²) in [5.41, 5.74) is 3.24. The highest BCUT2D eigenvalue weighted by Crippen LogP contribution is 2.53. The van der Waals surface area contributed by atoms with E-state index in [-0.39, 0.29) is 11.1 Å². The fraction of sp³-hybridized carbons (Fsp3) is 0.346. The molecular weight excluding hydrogens is 445 g/mol. The topological polar surface area (TPSA) is 90.5 Å². The van der Waals surface area contributed by atoms with Crippen LogP contribution in [-0.2, 0) is 12.0 Å². The van der Waals surface area contributed by atoms with Crippen LogP contribution in [0.2, 0.25) is 0 Å². The highest BCUT2D eigenvalue weighted by atomic mass is 19.1. The van der Waals surface area contributed by atoms with Crippen LogP contribution >= 0.6 is 0 Å². The predicted octanol–water partition coefficient (Wildman–Crippen LogP) is 4.54. The Balaban J connectivity index is 1.18. The average molecular weight is 470 g/mol. The molecule has 4 heterocycles. The zero-order chi connectivity index (χ0) is 23.7. The van der Waals surface area contributed by atoms with Gasteiger partial charge in [0.05, 0.1) is 23.3 Å². The number of amides is 1. The van der Waals surface area contributed by atoms with E-state index in [0.29, 0.717) is 17.4 Å². The molecule has 3 aliphatic rings. The standard InChI is InChI=1S/C26H24FN7O/c1-15-11-18(27)17(12-21(15)33-13-20(28-14-33)16-5-6-16)25(35)30-22-4-2-3-19(29-22)24-32-31-23-7-8-26(9-10-26)34(23)24/h2-4,11-14,16H,5-10H2,1H3,(H,29,30,35). The number of aromatic nitrogens is 6. The number of carbonyl (C=O) groups excluding carboxylic acids is 1. The molecule has 4 aromatic rings. The molecule has 1 N–H and O–H groups in total. The molecule has 176 valence electrons. The minimum atomic E-state index is -0.576. The molecule has 0 bridgehead atoms. The first-order valence-electron chi connectivity index (χ1n) is 12.1. The van der Waals surface area contributed by atoms with Gasteiger partial charge in [-0.3, -0.25) is 4.79 Å². The van der Waals surface area contributed by atoms with Gasteiger partial charge in [-0.2, -0.15) is 0 Å².